The lowest BCUT2D eigenvalue weighted by atomic mass is 10.1. The summed E-state index contributed by atoms with van der Waals surface area (Å²) in [5, 5.41) is 4.20. The number of aromatic nitrogens is 1. The molecule has 0 spiro atoms. The van der Waals surface area contributed by atoms with Gasteiger partial charge < -0.3 is 14.8 Å². The Bertz CT molecular complexity index is 763. The van der Waals surface area contributed by atoms with E-state index in [-0.39, 0.29) is 17.9 Å². The van der Waals surface area contributed by atoms with E-state index in [0.29, 0.717) is 19.4 Å². The lowest BCUT2D eigenvalue weighted by molar-refractivity contribution is -0.133. The van der Waals surface area contributed by atoms with E-state index in [1.165, 1.54) is 22.0 Å². The number of benzene rings is 1. The molecule has 2 aromatic rings. The maximum atomic E-state index is 12.2. The molecule has 0 bridgehead atoms. The number of carbonyl (C=O) groups excluding carboxylic acids is 2. The Morgan fingerprint density at radius 2 is 2.13 bits per heavy atom. The minimum Gasteiger partial charge on any atom is -0.354 e. The SMILES string of the molecule is Cc1ccc2c(CCNC(=O)C3CCC(=O)N3C)cn(C)c2c1. The summed E-state index contributed by atoms with van der Waals surface area (Å²) in [7, 11) is 3.75. The van der Waals surface area contributed by atoms with Gasteiger partial charge in [0.2, 0.25) is 11.8 Å². The van der Waals surface area contributed by atoms with Crippen LogP contribution in [0.25, 0.3) is 10.9 Å². The van der Waals surface area contributed by atoms with E-state index in [0.717, 1.165) is 6.42 Å². The molecule has 5 nitrogen and oxygen atoms in total. The fourth-order valence-electron chi connectivity index (χ4n) is 3.33. The Morgan fingerprint density at radius 3 is 2.83 bits per heavy atom. The van der Waals surface area contributed by atoms with Gasteiger partial charge in [-0.05, 0) is 37.0 Å². The predicted molar refractivity (Wildman–Crippen MR) is 90.2 cm³/mol. The zero-order valence-corrected chi connectivity index (χ0v) is 13.9. The van der Waals surface area contributed by atoms with E-state index >= 15 is 0 Å². The molecule has 2 heterocycles. The third-order valence-corrected chi connectivity index (χ3v) is 4.72. The van der Waals surface area contributed by atoms with Gasteiger partial charge in [-0.1, -0.05) is 12.1 Å². The van der Waals surface area contributed by atoms with Crippen molar-refractivity contribution in [1.29, 1.82) is 0 Å². The van der Waals surface area contributed by atoms with Crippen molar-refractivity contribution in [2.45, 2.75) is 32.2 Å². The van der Waals surface area contributed by atoms with Crippen LogP contribution >= 0.6 is 0 Å². The van der Waals surface area contributed by atoms with Gasteiger partial charge in [0.1, 0.15) is 6.04 Å². The first-order chi connectivity index (χ1) is 11.0. The molecule has 1 aromatic carbocycles. The molecule has 1 N–H and O–H groups in total. The summed E-state index contributed by atoms with van der Waals surface area (Å²) in [6.45, 7) is 2.68. The number of aryl methyl sites for hydroxylation is 2. The highest BCUT2D eigenvalue weighted by Crippen LogP contribution is 2.22. The highest BCUT2D eigenvalue weighted by molar-refractivity contribution is 5.90. The molecule has 0 saturated carbocycles. The van der Waals surface area contributed by atoms with Crippen LogP contribution in [0.15, 0.2) is 24.4 Å². The molecule has 1 fully saturated rings. The van der Waals surface area contributed by atoms with Gasteiger partial charge in [-0.15, -0.1) is 0 Å². The molecule has 122 valence electrons. The zero-order valence-electron chi connectivity index (χ0n) is 13.9. The number of likely N-dealkylation sites (N-methyl/N-ethyl adjacent to an activating group) is 1. The summed E-state index contributed by atoms with van der Waals surface area (Å²) in [5.41, 5.74) is 3.69. The van der Waals surface area contributed by atoms with E-state index in [9.17, 15) is 9.59 Å². The Kier molecular flexibility index (Phi) is 4.11. The molecule has 1 atom stereocenters. The first-order valence-corrected chi connectivity index (χ1v) is 8.05. The van der Waals surface area contributed by atoms with E-state index in [1.54, 1.807) is 11.9 Å². The quantitative estimate of drug-likeness (QED) is 0.935. The summed E-state index contributed by atoms with van der Waals surface area (Å²) in [4.78, 5) is 25.3. The van der Waals surface area contributed by atoms with Crippen LogP contribution in [0.1, 0.15) is 24.0 Å². The molecule has 0 radical (unpaired) electrons. The molecule has 3 rings (SSSR count). The van der Waals surface area contributed by atoms with Gasteiger partial charge in [-0.2, -0.15) is 0 Å². The summed E-state index contributed by atoms with van der Waals surface area (Å²) >= 11 is 0. The van der Waals surface area contributed by atoms with E-state index in [2.05, 4.69) is 41.2 Å². The lowest BCUT2D eigenvalue weighted by Crippen LogP contribution is -2.43. The van der Waals surface area contributed by atoms with Gasteiger partial charge in [0.25, 0.3) is 0 Å². The van der Waals surface area contributed by atoms with Gasteiger partial charge in [0.05, 0.1) is 0 Å². The molecule has 1 saturated heterocycles. The first-order valence-electron chi connectivity index (χ1n) is 8.05. The standard InChI is InChI=1S/C18H23N3O2/c1-12-4-5-14-13(11-20(2)16(14)10-12)8-9-19-18(23)15-6-7-17(22)21(15)3/h4-5,10-11,15H,6-9H2,1-3H3,(H,19,23). The largest absolute Gasteiger partial charge is 0.354 e. The molecule has 1 unspecified atom stereocenters. The van der Waals surface area contributed by atoms with Gasteiger partial charge in [0, 0.05) is 44.2 Å². The average molecular weight is 313 g/mol. The van der Waals surface area contributed by atoms with Crippen molar-refractivity contribution >= 4 is 22.7 Å². The van der Waals surface area contributed by atoms with E-state index in [4.69, 9.17) is 0 Å². The van der Waals surface area contributed by atoms with E-state index < -0.39 is 0 Å². The molecule has 1 aliphatic rings. The van der Waals surface area contributed by atoms with Crippen molar-refractivity contribution < 1.29 is 9.59 Å². The van der Waals surface area contributed by atoms with E-state index in [1.807, 2.05) is 7.05 Å². The summed E-state index contributed by atoms with van der Waals surface area (Å²) < 4.78 is 2.13. The highest BCUT2D eigenvalue weighted by Gasteiger charge is 2.32. The van der Waals surface area contributed by atoms with Crippen molar-refractivity contribution in [3.63, 3.8) is 0 Å². The maximum Gasteiger partial charge on any atom is 0.242 e. The van der Waals surface area contributed by atoms with Crippen LogP contribution in [0.2, 0.25) is 0 Å². The maximum absolute atomic E-state index is 12.2. The normalized spacial score (nSPS) is 18.0. The Balaban J connectivity index is 1.63. The van der Waals surface area contributed by atoms with Crippen molar-refractivity contribution in [2.75, 3.05) is 13.6 Å². The second-order valence-electron chi connectivity index (χ2n) is 6.39. The molecule has 1 aromatic heterocycles. The number of nitrogens with zero attached hydrogens (tertiary/aromatic N) is 2. The predicted octanol–water partition coefficient (Wildman–Crippen LogP) is 1.77. The lowest BCUT2D eigenvalue weighted by Gasteiger charge is -2.18. The van der Waals surface area contributed by atoms with Crippen LogP contribution < -0.4 is 5.32 Å². The van der Waals surface area contributed by atoms with Crippen LogP contribution in [-0.4, -0.2) is 40.9 Å². The molecule has 0 aliphatic carbocycles. The number of nitrogens with one attached hydrogen (secondary N) is 1. The highest BCUT2D eigenvalue weighted by atomic mass is 16.2. The van der Waals surface area contributed by atoms with Crippen LogP contribution in [0.3, 0.4) is 0 Å². The monoisotopic (exact) mass is 313 g/mol. The Labute approximate surface area is 136 Å². The molecule has 23 heavy (non-hydrogen) atoms. The van der Waals surface area contributed by atoms with Crippen LogP contribution in [0.5, 0.6) is 0 Å². The number of hydrogen-bond acceptors (Lipinski definition) is 2. The van der Waals surface area contributed by atoms with Crippen LogP contribution in [0.4, 0.5) is 0 Å². The van der Waals surface area contributed by atoms with Crippen molar-refractivity contribution in [2.24, 2.45) is 7.05 Å². The fraction of sp³-hybridized carbons (Fsp3) is 0.444. The van der Waals surface area contributed by atoms with Crippen molar-refractivity contribution in [1.82, 2.24) is 14.8 Å². The molecular weight excluding hydrogens is 290 g/mol. The van der Waals surface area contributed by atoms with Crippen molar-refractivity contribution in [3.05, 3.63) is 35.5 Å². The number of carbonyl (C=O) groups is 2. The third-order valence-electron chi connectivity index (χ3n) is 4.72. The number of fused-ring (bicyclic) bond motifs is 1. The molecule has 2 amide bonds. The Morgan fingerprint density at radius 1 is 1.35 bits per heavy atom. The number of amides is 2. The van der Waals surface area contributed by atoms with Crippen LogP contribution in [0, 0.1) is 6.92 Å². The molecule has 1 aliphatic heterocycles. The van der Waals surface area contributed by atoms with Gasteiger partial charge in [-0.3, -0.25) is 9.59 Å². The van der Waals surface area contributed by atoms with Crippen molar-refractivity contribution in [3.8, 4) is 0 Å². The molecule has 5 heteroatoms. The van der Waals surface area contributed by atoms with Gasteiger partial charge >= 0.3 is 0 Å². The minimum absolute atomic E-state index is 0.0468. The first kappa shape index (κ1) is 15.6. The number of hydrogen-bond donors (Lipinski definition) is 1. The van der Waals surface area contributed by atoms with Gasteiger partial charge in [-0.25, -0.2) is 0 Å². The number of rotatable bonds is 4. The smallest absolute Gasteiger partial charge is 0.242 e. The second kappa shape index (κ2) is 6.07. The third kappa shape index (κ3) is 2.96. The number of likely N-dealkylation sites (tertiary alicyclic amines) is 1. The van der Waals surface area contributed by atoms with Crippen LogP contribution in [-0.2, 0) is 23.1 Å². The van der Waals surface area contributed by atoms with Gasteiger partial charge in [0.15, 0.2) is 0 Å². The fourth-order valence-corrected chi connectivity index (χ4v) is 3.33. The second-order valence-corrected chi connectivity index (χ2v) is 6.39. The average Bonchev–Trinajstić information content (AvgIpc) is 3.00. The summed E-state index contributed by atoms with van der Waals surface area (Å²) in [6.07, 6.45) is 4.00. The summed E-state index contributed by atoms with van der Waals surface area (Å²) in [6, 6.07) is 6.13. The zero-order chi connectivity index (χ0) is 16.6. The summed E-state index contributed by atoms with van der Waals surface area (Å²) in [5.74, 6) is 0.00371. The molecular formula is C18H23N3O2. The minimum atomic E-state index is -0.308. The Hall–Kier alpha value is -2.30. The topological polar surface area (TPSA) is 54.3 Å².